The van der Waals surface area contributed by atoms with Crippen molar-refractivity contribution < 1.29 is 19.1 Å². The lowest BCUT2D eigenvalue weighted by molar-refractivity contribution is -0.123. The van der Waals surface area contributed by atoms with Crippen molar-refractivity contribution in [1.29, 1.82) is 0 Å². The van der Waals surface area contributed by atoms with Crippen molar-refractivity contribution in [3.8, 4) is 0 Å². The zero-order valence-corrected chi connectivity index (χ0v) is 12.6. The highest BCUT2D eigenvalue weighted by molar-refractivity contribution is 6.22. The van der Waals surface area contributed by atoms with Crippen molar-refractivity contribution in [1.82, 2.24) is 0 Å². The molecule has 1 saturated carbocycles. The van der Waals surface area contributed by atoms with Gasteiger partial charge in [-0.3, -0.25) is 19.8 Å². The number of carbonyl (C=O) groups is 3. The maximum absolute atomic E-state index is 12.7. The van der Waals surface area contributed by atoms with E-state index in [2.05, 4.69) is 22.2 Å². The molecule has 3 aliphatic rings. The van der Waals surface area contributed by atoms with Crippen LogP contribution in [0.2, 0.25) is 0 Å². The van der Waals surface area contributed by atoms with Gasteiger partial charge in [0.05, 0.1) is 24.6 Å². The van der Waals surface area contributed by atoms with Crippen LogP contribution in [-0.2, 0) is 14.3 Å². The number of fused-ring (bicyclic) bond motifs is 5. The first kappa shape index (κ1) is 14.0. The van der Waals surface area contributed by atoms with Crippen LogP contribution in [0.4, 0.5) is 16.2 Å². The van der Waals surface area contributed by atoms with E-state index >= 15 is 0 Å². The first-order valence-electron chi connectivity index (χ1n) is 7.61. The molecule has 6 heteroatoms. The van der Waals surface area contributed by atoms with Crippen molar-refractivity contribution in [2.75, 3.05) is 17.3 Å². The summed E-state index contributed by atoms with van der Waals surface area (Å²) in [6, 6.07) is 6.62. The van der Waals surface area contributed by atoms with Crippen LogP contribution in [0, 0.1) is 23.7 Å². The molecule has 2 aliphatic carbocycles. The van der Waals surface area contributed by atoms with Gasteiger partial charge in [0.15, 0.2) is 0 Å². The molecule has 1 heterocycles. The Kier molecular flexibility index (Phi) is 3.01. The Labute approximate surface area is 133 Å². The summed E-state index contributed by atoms with van der Waals surface area (Å²) in [5, 5.41) is 2.54. The number of imide groups is 1. The van der Waals surface area contributed by atoms with Gasteiger partial charge in [0.25, 0.3) is 0 Å². The summed E-state index contributed by atoms with van der Waals surface area (Å²) in [5.41, 5.74) is 1.09. The van der Waals surface area contributed by atoms with Gasteiger partial charge in [-0.1, -0.05) is 12.2 Å². The van der Waals surface area contributed by atoms with Gasteiger partial charge in [0.1, 0.15) is 0 Å². The van der Waals surface area contributed by atoms with Crippen molar-refractivity contribution >= 4 is 29.3 Å². The van der Waals surface area contributed by atoms with Gasteiger partial charge in [0, 0.05) is 5.69 Å². The highest BCUT2D eigenvalue weighted by atomic mass is 16.5. The highest BCUT2D eigenvalue weighted by Gasteiger charge is 2.59. The van der Waals surface area contributed by atoms with Gasteiger partial charge in [-0.25, -0.2) is 4.79 Å². The molecule has 0 unspecified atom stereocenters. The zero-order valence-electron chi connectivity index (χ0n) is 12.6. The number of ether oxygens (including phenoxy) is 1. The van der Waals surface area contributed by atoms with Crippen LogP contribution in [0.5, 0.6) is 0 Å². The lowest BCUT2D eigenvalue weighted by Gasteiger charge is -2.17. The Morgan fingerprint density at radius 3 is 2.17 bits per heavy atom. The Bertz CT molecular complexity index is 695. The topological polar surface area (TPSA) is 75.7 Å². The van der Waals surface area contributed by atoms with Crippen LogP contribution in [0.3, 0.4) is 0 Å². The third-order valence-electron chi connectivity index (χ3n) is 5.03. The van der Waals surface area contributed by atoms with Crippen molar-refractivity contribution in [2.45, 2.75) is 6.42 Å². The van der Waals surface area contributed by atoms with Crippen LogP contribution < -0.4 is 10.2 Å². The lowest BCUT2D eigenvalue weighted by Crippen LogP contribution is -2.32. The molecule has 0 radical (unpaired) electrons. The van der Waals surface area contributed by atoms with E-state index in [0.29, 0.717) is 11.4 Å². The van der Waals surface area contributed by atoms with Crippen molar-refractivity contribution in [3.63, 3.8) is 0 Å². The molecule has 2 fully saturated rings. The Morgan fingerprint density at radius 2 is 1.65 bits per heavy atom. The molecule has 1 aliphatic heterocycles. The predicted molar refractivity (Wildman–Crippen MR) is 82.7 cm³/mol. The first-order valence-corrected chi connectivity index (χ1v) is 7.61. The van der Waals surface area contributed by atoms with Gasteiger partial charge in [-0.15, -0.1) is 0 Å². The fourth-order valence-corrected chi connectivity index (χ4v) is 4.02. The largest absolute Gasteiger partial charge is 0.453 e. The minimum Gasteiger partial charge on any atom is -0.453 e. The molecule has 0 aromatic heterocycles. The molecular weight excluding hydrogens is 296 g/mol. The van der Waals surface area contributed by atoms with Crippen molar-refractivity contribution in [3.05, 3.63) is 36.4 Å². The number of nitrogens with one attached hydrogen (secondary N) is 1. The van der Waals surface area contributed by atoms with Gasteiger partial charge in [-0.2, -0.15) is 0 Å². The van der Waals surface area contributed by atoms with Crippen LogP contribution in [0.15, 0.2) is 36.4 Å². The number of rotatable bonds is 2. The van der Waals surface area contributed by atoms with E-state index < -0.39 is 6.09 Å². The monoisotopic (exact) mass is 312 g/mol. The van der Waals surface area contributed by atoms with Crippen LogP contribution >= 0.6 is 0 Å². The Morgan fingerprint density at radius 1 is 1.09 bits per heavy atom. The molecular formula is C17H16N2O4. The van der Waals surface area contributed by atoms with E-state index in [4.69, 9.17) is 0 Å². The minimum absolute atomic E-state index is 0.106. The van der Waals surface area contributed by atoms with E-state index in [1.807, 2.05) is 0 Å². The molecule has 2 bridgehead atoms. The third kappa shape index (κ3) is 1.98. The molecule has 23 heavy (non-hydrogen) atoms. The fourth-order valence-electron chi connectivity index (χ4n) is 4.02. The number of anilines is 2. The Hall–Kier alpha value is -2.63. The summed E-state index contributed by atoms with van der Waals surface area (Å²) in [4.78, 5) is 37.8. The molecule has 0 spiro atoms. The summed E-state index contributed by atoms with van der Waals surface area (Å²) in [6.07, 6.45) is 4.50. The fraction of sp³-hybridized carbons (Fsp3) is 0.353. The van der Waals surface area contributed by atoms with E-state index in [9.17, 15) is 14.4 Å². The van der Waals surface area contributed by atoms with Crippen molar-refractivity contribution in [2.24, 2.45) is 23.7 Å². The molecule has 1 aromatic carbocycles. The van der Waals surface area contributed by atoms with Crippen LogP contribution in [0.1, 0.15) is 6.42 Å². The quantitative estimate of drug-likeness (QED) is 0.671. The molecule has 4 rings (SSSR count). The van der Waals surface area contributed by atoms with Gasteiger partial charge in [-0.05, 0) is 42.5 Å². The standard InChI is InChI=1S/C17H16N2O4/c1-23-17(22)18-11-4-6-12(7-5-11)19-15(20)13-9-2-3-10(8-9)14(13)16(19)21/h2-7,9-10,13-14H,8H2,1H3,(H,18,22)/t9-,10-,13-,14-/m0/s1. The SMILES string of the molecule is COC(=O)Nc1ccc(N2C(=O)[C@@H]3[C@@H](C2=O)[C@H]2C=C[C@H]3C2)cc1. The average molecular weight is 312 g/mol. The number of nitrogens with zero attached hydrogens (tertiary/aromatic N) is 1. The number of benzene rings is 1. The molecule has 1 aromatic rings. The summed E-state index contributed by atoms with van der Waals surface area (Å²) < 4.78 is 4.52. The number of allylic oxidation sites excluding steroid dienone is 2. The summed E-state index contributed by atoms with van der Waals surface area (Å²) in [6.45, 7) is 0. The second-order valence-electron chi connectivity index (χ2n) is 6.18. The van der Waals surface area contributed by atoms with E-state index in [0.717, 1.165) is 6.42 Å². The molecule has 4 atom stereocenters. The molecule has 1 saturated heterocycles. The maximum atomic E-state index is 12.7. The lowest BCUT2D eigenvalue weighted by atomic mass is 9.85. The molecule has 6 nitrogen and oxygen atoms in total. The number of methoxy groups -OCH3 is 1. The maximum Gasteiger partial charge on any atom is 0.411 e. The molecule has 3 amide bonds. The zero-order chi connectivity index (χ0) is 16.1. The number of carbonyl (C=O) groups excluding carboxylic acids is 3. The van der Waals surface area contributed by atoms with Crippen LogP contribution in [-0.4, -0.2) is 25.0 Å². The second-order valence-corrected chi connectivity index (χ2v) is 6.18. The van der Waals surface area contributed by atoms with E-state index in [1.54, 1.807) is 24.3 Å². The van der Waals surface area contributed by atoms with E-state index in [-0.39, 0.29) is 35.5 Å². The minimum atomic E-state index is -0.566. The number of amides is 3. The summed E-state index contributed by atoms with van der Waals surface area (Å²) in [7, 11) is 1.28. The summed E-state index contributed by atoms with van der Waals surface area (Å²) in [5.74, 6) is -0.217. The van der Waals surface area contributed by atoms with Gasteiger partial charge < -0.3 is 4.74 Å². The number of hydrogen-bond acceptors (Lipinski definition) is 4. The third-order valence-corrected chi connectivity index (χ3v) is 5.03. The Balaban J connectivity index is 1.58. The van der Waals surface area contributed by atoms with Crippen LogP contribution in [0.25, 0.3) is 0 Å². The van der Waals surface area contributed by atoms with E-state index in [1.165, 1.54) is 12.0 Å². The summed E-state index contributed by atoms with van der Waals surface area (Å²) >= 11 is 0. The smallest absolute Gasteiger partial charge is 0.411 e. The second kappa shape index (κ2) is 4.94. The van der Waals surface area contributed by atoms with Gasteiger partial charge in [0.2, 0.25) is 11.8 Å². The highest BCUT2D eigenvalue weighted by Crippen LogP contribution is 2.53. The van der Waals surface area contributed by atoms with Gasteiger partial charge >= 0.3 is 6.09 Å². The predicted octanol–water partition coefficient (Wildman–Crippen LogP) is 2.18. The normalized spacial score (nSPS) is 30.7. The average Bonchev–Trinajstić information content (AvgIpc) is 3.23. The molecule has 118 valence electrons. The molecule has 1 N–H and O–H groups in total. The first-order chi connectivity index (χ1) is 11.1. The number of hydrogen-bond donors (Lipinski definition) is 1.